The number of Topliss-reactive ketones (excluding diaryl/α,β-unsaturated/α-hetero) is 1. The van der Waals surface area contributed by atoms with Gasteiger partial charge in [0.15, 0.2) is 5.78 Å². The lowest BCUT2D eigenvalue weighted by molar-refractivity contribution is 0.0996. The maximum Gasteiger partial charge on any atom is 0.291 e. The maximum absolute atomic E-state index is 13.3. The zero-order valence-corrected chi connectivity index (χ0v) is 15.9. The van der Waals surface area contributed by atoms with Gasteiger partial charge in [0, 0.05) is 23.4 Å². The van der Waals surface area contributed by atoms with Gasteiger partial charge in [0.05, 0.1) is 5.56 Å². The van der Waals surface area contributed by atoms with Gasteiger partial charge < -0.3 is 11.1 Å². The molecule has 0 aliphatic rings. The van der Waals surface area contributed by atoms with Crippen LogP contribution in [0.15, 0.2) is 53.3 Å². The Morgan fingerprint density at radius 3 is 2.45 bits per heavy atom. The number of rotatable bonds is 6. The SMILES string of the molecule is CCn1nc(-c2ccc(F)cc2)c(C(C)=O)c(Nc2cccc(C(N)=O)c2)c1=O. The lowest BCUT2D eigenvalue weighted by Crippen LogP contribution is -2.28. The molecule has 1 amide bonds. The second-order valence-electron chi connectivity index (χ2n) is 6.35. The lowest BCUT2D eigenvalue weighted by atomic mass is 10.0. The summed E-state index contributed by atoms with van der Waals surface area (Å²) in [6.45, 7) is 3.33. The summed E-state index contributed by atoms with van der Waals surface area (Å²) >= 11 is 0. The summed E-state index contributed by atoms with van der Waals surface area (Å²) in [5.41, 5.74) is 6.34. The van der Waals surface area contributed by atoms with E-state index in [1.54, 1.807) is 25.1 Å². The van der Waals surface area contributed by atoms with Crippen molar-refractivity contribution in [3.63, 3.8) is 0 Å². The highest BCUT2D eigenvalue weighted by Gasteiger charge is 2.22. The van der Waals surface area contributed by atoms with Crippen molar-refractivity contribution in [3.05, 3.63) is 75.8 Å². The summed E-state index contributed by atoms with van der Waals surface area (Å²) in [5.74, 6) is -1.43. The molecule has 3 N–H and O–H groups in total. The van der Waals surface area contributed by atoms with Gasteiger partial charge >= 0.3 is 0 Å². The fourth-order valence-corrected chi connectivity index (χ4v) is 2.95. The van der Waals surface area contributed by atoms with Gasteiger partial charge in [-0.3, -0.25) is 14.4 Å². The molecule has 0 aliphatic heterocycles. The molecule has 0 saturated heterocycles. The highest BCUT2D eigenvalue weighted by molar-refractivity contribution is 6.05. The van der Waals surface area contributed by atoms with E-state index in [4.69, 9.17) is 5.73 Å². The van der Waals surface area contributed by atoms with Gasteiger partial charge in [-0.2, -0.15) is 5.10 Å². The van der Waals surface area contributed by atoms with Crippen LogP contribution in [0, 0.1) is 5.82 Å². The van der Waals surface area contributed by atoms with Crippen LogP contribution in [0.25, 0.3) is 11.3 Å². The zero-order valence-electron chi connectivity index (χ0n) is 15.9. The molecular formula is C21H19FN4O3. The quantitative estimate of drug-likeness (QED) is 0.625. The van der Waals surface area contributed by atoms with Crippen LogP contribution in [0.5, 0.6) is 0 Å². The molecule has 0 atom stereocenters. The Balaban J connectivity index is 2.24. The van der Waals surface area contributed by atoms with Crippen molar-refractivity contribution in [3.8, 4) is 11.3 Å². The molecule has 3 rings (SSSR count). The number of benzene rings is 2. The number of halogens is 1. The molecule has 1 heterocycles. The lowest BCUT2D eigenvalue weighted by Gasteiger charge is -2.16. The van der Waals surface area contributed by atoms with E-state index in [0.717, 1.165) is 0 Å². The average molecular weight is 394 g/mol. The van der Waals surface area contributed by atoms with Crippen molar-refractivity contribution in [1.29, 1.82) is 0 Å². The van der Waals surface area contributed by atoms with E-state index in [-0.39, 0.29) is 34.8 Å². The van der Waals surface area contributed by atoms with Crippen molar-refractivity contribution in [1.82, 2.24) is 9.78 Å². The van der Waals surface area contributed by atoms with Gasteiger partial charge in [-0.15, -0.1) is 0 Å². The highest BCUT2D eigenvalue weighted by atomic mass is 19.1. The second kappa shape index (κ2) is 8.05. The van der Waals surface area contributed by atoms with E-state index in [1.807, 2.05) is 0 Å². The minimum Gasteiger partial charge on any atom is -0.366 e. The molecular weight excluding hydrogens is 375 g/mol. The molecule has 0 fully saturated rings. The van der Waals surface area contributed by atoms with Crippen molar-refractivity contribution in [2.45, 2.75) is 20.4 Å². The molecule has 0 spiro atoms. The first-order valence-electron chi connectivity index (χ1n) is 8.90. The van der Waals surface area contributed by atoms with Gasteiger partial charge in [0.2, 0.25) is 5.91 Å². The third kappa shape index (κ3) is 4.06. The predicted octanol–water partition coefficient (Wildman–Crippen LogP) is 3.11. The van der Waals surface area contributed by atoms with Gasteiger partial charge in [-0.05, 0) is 56.3 Å². The molecule has 0 saturated carbocycles. The van der Waals surface area contributed by atoms with E-state index >= 15 is 0 Å². The Bertz CT molecular complexity index is 1150. The van der Waals surface area contributed by atoms with Crippen LogP contribution in [0.3, 0.4) is 0 Å². The van der Waals surface area contributed by atoms with Crippen LogP contribution in [-0.4, -0.2) is 21.5 Å². The van der Waals surface area contributed by atoms with Crippen LogP contribution < -0.4 is 16.6 Å². The summed E-state index contributed by atoms with van der Waals surface area (Å²) < 4.78 is 14.6. The molecule has 7 nitrogen and oxygen atoms in total. The van der Waals surface area contributed by atoms with E-state index in [0.29, 0.717) is 11.3 Å². The average Bonchev–Trinajstić information content (AvgIpc) is 2.70. The number of nitrogens with two attached hydrogens (primary N) is 1. The normalized spacial score (nSPS) is 10.6. The van der Waals surface area contributed by atoms with Crippen molar-refractivity contribution < 1.29 is 14.0 Å². The van der Waals surface area contributed by atoms with E-state index in [2.05, 4.69) is 10.4 Å². The van der Waals surface area contributed by atoms with Gasteiger partial charge in [-0.1, -0.05) is 6.07 Å². The molecule has 29 heavy (non-hydrogen) atoms. The minimum absolute atomic E-state index is 0.0234. The van der Waals surface area contributed by atoms with E-state index in [9.17, 15) is 18.8 Å². The number of amides is 1. The summed E-state index contributed by atoms with van der Waals surface area (Å²) in [4.78, 5) is 36.8. The number of hydrogen-bond donors (Lipinski definition) is 2. The fourth-order valence-electron chi connectivity index (χ4n) is 2.95. The molecule has 1 aromatic heterocycles. The second-order valence-corrected chi connectivity index (χ2v) is 6.35. The Morgan fingerprint density at radius 2 is 1.86 bits per heavy atom. The molecule has 2 aromatic carbocycles. The van der Waals surface area contributed by atoms with E-state index < -0.39 is 17.3 Å². The van der Waals surface area contributed by atoms with E-state index in [1.165, 1.54) is 41.9 Å². The van der Waals surface area contributed by atoms with Crippen molar-refractivity contribution in [2.24, 2.45) is 5.73 Å². The Hall–Kier alpha value is -3.81. The minimum atomic E-state index is -0.617. The Kier molecular flexibility index (Phi) is 5.54. The Labute approximate surface area is 166 Å². The first-order valence-corrected chi connectivity index (χ1v) is 8.90. The number of anilines is 2. The monoisotopic (exact) mass is 394 g/mol. The number of nitrogens with zero attached hydrogens (tertiary/aromatic N) is 2. The number of nitrogens with one attached hydrogen (secondary N) is 1. The number of aryl methyl sites for hydroxylation is 1. The number of carbonyl (C=O) groups is 2. The van der Waals surface area contributed by atoms with Crippen LogP contribution in [0.4, 0.5) is 15.8 Å². The van der Waals surface area contributed by atoms with Crippen LogP contribution >= 0.6 is 0 Å². The number of ketones is 1. The standard InChI is InChI=1S/C21H19FN4O3/c1-3-26-21(29)19(24-16-6-4-5-14(11-16)20(23)28)17(12(2)27)18(25-26)13-7-9-15(22)10-8-13/h4-11,24H,3H2,1-2H3,(H2,23,28). The summed E-state index contributed by atoms with van der Waals surface area (Å²) in [7, 11) is 0. The maximum atomic E-state index is 13.3. The molecule has 8 heteroatoms. The number of carbonyl (C=O) groups excluding carboxylic acids is 2. The summed E-state index contributed by atoms with van der Waals surface area (Å²) in [6.07, 6.45) is 0. The predicted molar refractivity (Wildman–Crippen MR) is 108 cm³/mol. The van der Waals surface area contributed by atoms with Crippen LogP contribution in [-0.2, 0) is 6.54 Å². The van der Waals surface area contributed by atoms with Gasteiger partial charge in [-0.25, -0.2) is 9.07 Å². The van der Waals surface area contributed by atoms with Crippen molar-refractivity contribution >= 4 is 23.1 Å². The number of aromatic nitrogens is 2. The molecule has 0 radical (unpaired) electrons. The molecule has 0 aliphatic carbocycles. The van der Waals surface area contributed by atoms with Gasteiger partial charge in [0.25, 0.3) is 5.56 Å². The molecule has 0 bridgehead atoms. The fraction of sp³-hybridized carbons (Fsp3) is 0.143. The van der Waals surface area contributed by atoms with Gasteiger partial charge in [0.1, 0.15) is 17.2 Å². The van der Waals surface area contributed by atoms with Crippen molar-refractivity contribution in [2.75, 3.05) is 5.32 Å². The number of primary amides is 1. The topological polar surface area (TPSA) is 107 Å². The first kappa shape index (κ1) is 19.9. The zero-order chi connectivity index (χ0) is 21.1. The van der Waals surface area contributed by atoms with Crippen LogP contribution in [0.1, 0.15) is 34.6 Å². The van der Waals surface area contributed by atoms with Crippen LogP contribution in [0.2, 0.25) is 0 Å². The first-order chi connectivity index (χ1) is 13.8. The summed E-state index contributed by atoms with van der Waals surface area (Å²) in [6, 6.07) is 11.8. The largest absolute Gasteiger partial charge is 0.366 e. The highest BCUT2D eigenvalue weighted by Crippen LogP contribution is 2.28. The third-order valence-corrected chi connectivity index (χ3v) is 4.34. The molecule has 3 aromatic rings. The molecule has 0 unspecified atom stereocenters. The molecule has 148 valence electrons. The number of hydrogen-bond acceptors (Lipinski definition) is 5. The Morgan fingerprint density at radius 1 is 1.17 bits per heavy atom. The summed E-state index contributed by atoms with van der Waals surface area (Å²) in [5, 5.41) is 7.24. The third-order valence-electron chi connectivity index (χ3n) is 4.34. The smallest absolute Gasteiger partial charge is 0.291 e.